The average molecular weight is 397 g/mol. The smallest absolute Gasteiger partial charge is 0.282 e. The molecule has 2 aromatic carbocycles. The van der Waals surface area contributed by atoms with Crippen LogP contribution in [0.4, 0.5) is 10.1 Å². The summed E-state index contributed by atoms with van der Waals surface area (Å²) < 4.78 is 21.0. The Morgan fingerprint density at radius 3 is 2.79 bits per heavy atom. The van der Waals surface area contributed by atoms with Gasteiger partial charge in [-0.1, -0.05) is 18.3 Å². The van der Waals surface area contributed by atoms with Crippen molar-refractivity contribution < 1.29 is 13.9 Å². The predicted molar refractivity (Wildman–Crippen MR) is 107 cm³/mol. The standard InChI is InChI=1S/C20H16FN3O3S/c1-2-9-27-14-7-8-16-17(10-14)28-20-22-11-15(19(26)24(16)20)23-18(25)12-3-5-13(21)6-4-12/h3-8,10-11H,2,9H2,1H3,(H,23,25). The number of nitrogens with one attached hydrogen (secondary N) is 1. The highest BCUT2D eigenvalue weighted by Gasteiger charge is 2.14. The minimum Gasteiger partial charge on any atom is -0.494 e. The largest absolute Gasteiger partial charge is 0.494 e. The van der Waals surface area contributed by atoms with Crippen molar-refractivity contribution in [2.75, 3.05) is 11.9 Å². The van der Waals surface area contributed by atoms with Gasteiger partial charge in [0.15, 0.2) is 4.96 Å². The van der Waals surface area contributed by atoms with Gasteiger partial charge in [0.05, 0.1) is 23.0 Å². The number of nitrogens with zero attached hydrogens (tertiary/aromatic N) is 2. The molecule has 0 bridgehead atoms. The van der Waals surface area contributed by atoms with Crippen LogP contribution in [0.2, 0.25) is 0 Å². The van der Waals surface area contributed by atoms with Crippen molar-refractivity contribution in [3.8, 4) is 5.75 Å². The number of benzene rings is 2. The molecular weight excluding hydrogens is 381 g/mol. The summed E-state index contributed by atoms with van der Waals surface area (Å²) in [6.07, 6.45) is 2.24. The lowest BCUT2D eigenvalue weighted by molar-refractivity contribution is 0.102. The predicted octanol–water partition coefficient (Wildman–Crippen LogP) is 4.09. The molecule has 8 heteroatoms. The zero-order valence-corrected chi connectivity index (χ0v) is 15.8. The van der Waals surface area contributed by atoms with Gasteiger partial charge in [0, 0.05) is 5.56 Å². The molecule has 6 nitrogen and oxygen atoms in total. The third-order valence-electron chi connectivity index (χ3n) is 4.13. The van der Waals surface area contributed by atoms with Crippen LogP contribution in [0.15, 0.2) is 53.5 Å². The summed E-state index contributed by atoms with van der Waals surface area (Å²) in [6.45, 7) is 2.65. The molecule has 2 aromatic heterocycles. The van der Waals surface area contributed by atoms with Gasteiger partial charge in [-0.05, 0) is 48.9 Å². The van der Waals surface area contributed by atoms with Crippen molar-refractivity contribution in [3.63, 3.8) is 0 Å². The summed E-state index contributed by atoms with van der Waals surface area (Å²) in [4.78, 5) is 30.1. The van der Waals surface area contributed by atoms with E-state index < -0.39 is 11.7 Å². The van der Waals surface area contributed by atoms with Crippen LogP contribution in [-0.4, -0.2) is 21.9 Å². The Bertz CT molecular complexity index is 1230. The number of fused-ring (bicyclic) bond motifs is 3. The molecular formula is C20H16FN3O3S. The number of thiazole rings is 1. The minimum atomic E-state index is -0.506. The number of aromatic nitrogens is 2. The van der Waals surface area contributed by atoms with Crippen LogP contribution in [-0.2, 0) is 0 Å². The first-order valence-corrected chi connectivity index (χ1v) is 9.52. The van der Waals surface area contributed by atoms with E-state index in [-0.39, 0.29) is 16.8 Å². The summed E-state index contributed by atoms with van der Waals surface area (Å²) in [5.74, 6) is -0.209. The molecule has 28 heavy (non-hydrogen) atoms. The Kier molecular flexibility index (Phi) is 4.79. The maximum absolute atomic E-state index is 13.0. The highest BCUT2D eigenvalue weighted by molar-refractivity contribution is 7.23. The van der Waals surface area contributed by atoms with Crippen molar-refractivity contribution >= 4 is 38.1 Å². The highest BCUT2D eigenvalue weighted by atomic mass is 32.1. The van der Waals surface area contributed by atoms with Gasteiger partial charge in [0.25, 0.3) is 11.5 Å². The molecule has 4 rings (SSSR count). The Balaban J connectivity index is 1.71. The third-order valence-corrected chi connectivity index (χ3v) is 5.15. The van der Waals surface area contributed by atoms with Gasteiger partial charge in [-0.3, -0.25) is 9.59 Å². The fourth-order valence-corrected chi connectivity index (χ4v) is 3.79. The molecule has 0 aliphatic carbocycles. The lowest BCUT2D eigenvalue weighted by Crippen LogP contribution is -2.22. The van der Waals surface area contributed by atoms with Crippen molar-refractivity contribution in [2.24, 2.45) is 0 Å². The average Bonchev–Trinajstić information content (AvgIpc) is 3.07. The molecule has 0 atom stereocenters. The summed E-state index contributed by atoms with van der Waals surface area (Å²) in [5.41, 5.74) is 0.616. The van der Waals surface area contributed by atoms with Crippen LogP contribution in [0.3, 0.4) is 0 Å². The zero-order valence-electron chi connectivity index (χ0n) is 14.9. The fourth-order valence-electron chi connectivity index (χ4n) is 2.77. The summed E-state index contributed by atoms with van der Waals surface area (Å²) in [5, 5.41) is 2.55. The molecule has 0 radical (unpaired) electrons. The molecule has 142 valence electrons. The fraction of sp³-hybridized carbons (Fsp3) is 0.150. The van der Waals surface area contributed by atoms with Crippen molar-refractivity contribution in [1.29, 1.82) is 0 Å². The number of hydrogen-bond acceptors (Lipinski definition) is 5. The number of amides is 1. The highest BCUT2D eigenvalue weighted by Crippen LogP contribution is 2.28. The van der Waals surface area contributed by atoms with Crippen LogP contribution < -0.4 is 15.6 Å². The lowest BCUT2D eigenvalue weighted by Gasteiger charge is -2.05. The molecule has 0 aliphatic heterocycles. The van der Waals surface area contributed by atoms with Gasteiger partial charge >= 0.3 is 0 Å². The first-order chi connectivity index (χ1) is 13.6. The second-order valence-electron chi connectivity index (χ2n) is 6.14. The number of carbonyl (C=O) groups excluding carboxylic acids is 1. The van der Waals surface area contributed by atoms with E-state index in [1.807, 2.05) is 13.0 Å². The zero-order chi connectivity index (χ0) is 19.7. The molecule has 0 unspecified atom stereocenters. The Morgan fingerprint density at radius 2 is 2.04 bits per heavy atom. The molecule has 1 amide bonds. The van der Waals surface area contributed by atoms with Crippen LogP contribution in [0.1, 0.15) is 23.7 Å². The van der Waals surface area contributed by atoms with E-state index in [1.165, 1.54) is 46.2 Å². The van der Waals surface area contributed by atoms with Crippen molar-refractivity contribution in [1.82, 2.24) is 9.38 Å². The van der Waals surface area contributed by atoms with E-state index in [1.54, 1.807) is 12.1 Å². The van der Waals surface area contributed by atoms with E-state index in [9.17, 15) is 14.0 Å². The molecule has 1 N–H and O–H groups in total. The van der Waals surface area contributed by atoms with Crippen LogP contribution in [0.5, 0.6) is 5.75 Å². The molecule has 4 aromatic rings. The van der Waals surface area contributed by atoms with Gasteiger partial charge in [0.2, 0.25) is 0 Å². The second-order valence-corrected chi connectivity index (χ2v) is 7.15. The van der Waals surface area contributed by atoms with Gasteiger partial charge in [0.1, 0.15) is 17.3 Å². The quantitative estimate of drug-likeness (QED) is 0.551. The molecule has 2 heterocycles. The molecule has 0 spiro atoms. The molecule has 0 aliphatic rings. The summed E-state index contributed by atoms with van der Waals surface area (Å²) in [6, 6.07) is 10.6. The minimum absolute atomic E-state index is 0.0536. The normalized spacial score (nSPS) is 11.1. The number of halogens is 1. The Labute approximate surface area is 163 Å². The first kappa shape index (κ1) is 18.1. The molecule has 0 saturated carbocycles. The van der Waals surface area contributed by atoms with E-state index in [2.05, 4.69) is 10.3 Å². The first-order valence-electron chi connectivity index (χ1n) is 8.71. The van der Waals surface area contributed by atoms with E-state index in [0.717, 1.165) is 16.9 Å². The monoisotopic (exact) mass is 397 g/mol. The number of rotatable bonds is 5. The molecule has 0 saturated heterocycles. The number of carbonyl (C=O) groups is 1. The van der Waals surface area contributed by atoms with E-state index >= 15 is 0 Å². The lowest BCUT2D eigenvalue weighted by atomic mass is 10.2. The Hall–Kier alpha value is -3.26. The number of hydrogen-bond donors (Lipinski definition) is 1. The van der Waals surface area contributed by atoms with E-state index in [4.69, 9.17) is 4.74 Å². The van der Waals surface area contributed by atoms with Crippen LogP contribution >= 0.6 is 11.3 Å². The topological polar surface area (TPSA) is 72.7 Å². The maximum atomic E-state index is 13.0. The van der Waals surface area contributed by atoms with Gasteiger partial charge in [-0.25, -0.2) is 13.8 Å². The summed E-state index contributed by atoms with van der Waals surface area (Å²) in [7, 11) is 0. The van der Waals surface area contributed by atoms with Gasteiger partial charge in [-0.15, -0.1) is 0 Å². The number of anilines is 1. The maximum Gasteiger partial charge on any atom is 0.282 e. The second kappa shape index (κ2) is 7.40. The van der Waals surface area contributed by atoms with Crippen LogP contribution in [0.25, 0.3) is 15.2 Å². The van der Waals surface area contributed by atoms with Gasteiger partial charge < -0.3 is 10.1 Å². The molecule has 0 fully saturated rings. The van der Waals surface area contributed by atoms with Crippen molar-refractivity contribution in [2.45, 2.75) is 13.3 Å². The van der Waals surface area contributed by atoms with E-state index in [0.29, 0.717) is 17.1 Å². The third kappa shape index (κ3) is 3.34. The van der Waals surface area contributed by atoms with Crippen molar-refractivity contribution in [3.05, 3.63) is 70.4 Å². The summed E-state index contributed by atoms with van der Waals surface area (Å²) >= 11 is 1.37. The SMILES string of the molecule is CCCOc1ccc2c(c1)sc1ncc(NC(=O)c3ccc(F)cc3)c(=O)n12. The van der Waals surface area contributed by atoms with Gasteiger partial charge in [-0.2, -0.15) is 0 Å². The Morgan fingerprint density at radius 1 is 1.25 bits per heavy atom. The van der Waals surface area contributed by atoms with Crippen LogP contribution in [0, 0.1) is 5.82 Å². The number of ether oxygens (including phenoxy) is 1.